The average molecular weight is 333 g/mol. The van der Waals surface area contributed by atoms with Crippen LogP contribution in [0.3, 0.4) is 0 Å². The van der Waals surface area contributed by atoms with Crippen LogP contribution in [0.4, 0.5) is 0 Å². The summed E-state index contributed by atoms with van der Waals surface area (Å²) in [5.74, 6) is -0.247. The molecule has 4 nitrogen and oxygen atoms in total. The minimum Gasteiger partial charge on any atom is -0.327 e. The first-order valence-electron chi connectivity index (χ1n) is 8.52. The van der Waals surface area contributed by atoms with Crippen LogP contribution in [0, 0.1) is 5.92 Å². The van der Waals surface area contributed by atoms with Gasteiger partial charge in [-0.15, -0.1) is 0 Å². The maximum atomic E-state index is 12.1. The van der Waals surface area contributed by atoms with E-state index in [-0.39, 0.29) is 11.8 Å². The van der Waals surface area contributed by atoms with Crippen LogP contribution in [0.2, 0.25) is 0 Å². The molecule has 0 aliphatic carbocycles. The number of nitrogens with one attached hydrogen (secondary N) is 1. The number of carbonyl (C=O) groups excluding carboxylic acids is 1. The molecule has 1 amide bonds. The molecule has 3 aromatic rings. The lowest BCUT2D eigenvalue weighted by atomic mass is 10.0. The first-order chi connectivity index (χ1) is 12.1. The van der Waals surface area contributed by atoms with E-state index in [2.05, 4.69) is 34.2 Å². The van der Waals surface area contributed by atoms with E-state index < -0.39 is 0 Å². The third kappa shape index (κ3) is 3.79. The van der Waals surface area contributed by atoms with Gasteiger partial charge in [0, 0.05) is 30.6 Å². The van der Waals surface area contributed by atoms with Crippen molar-refractivity contribution < 1.29 is 4.79 Å². The molecule has 0 saturated carbocycles. The molecule has 0 unspecified atom stereocenters. The minimum absolute atomic E-state index is 0.122. The summed E-state index contributed by atoms with van der Waals surface area (Å²) in [7, 11) is 1.94. The summed E-state index contributed by atoms with van der Waals surface area (Å²) in [5, 5.41) is 0. The molecule has 1 aromatic heterocycles. The third-order valence-corrected chi connectivity index (χ3v) is 4.18. The van der Waals surface area contributed by atoms with Crippen molar-refractivity contribution in [1.29, 1.82) is 0 Å². The molecule has 128 valence electrons. The van der Waals surface area contributed by atoms with Gasteiger partial charge in [0.15, 0.2) is 0 Å². The van der Waals surface area contributed by atoms with E-state index in [1.807, 2.05) is 61.9 Å². The summed E-state index contributed by atoms with van der Waals surface area (Å²) >= 11 is 0. The number of benzene rings is 2. The van der Waals surface area contributed by atoms with Crippen molar-refractivity contribution in [1.82, 2.24) is 9.55 Å². The van der Waals surface area contributed by atoms with Crippen LogP contribution in [0.5, 0.6) is 0 Å². The summed E-state index contributed by atoms with van der Waals surface area (Å²) in [6.07, 6.45) is 0.754. The fraction of sp³-hybridized carbons (Fsp3) is 0.238. The fourth-order valence-corrected chi connectivity index (χ4v) is 2.81. The summed E-state index contributed by atoms with van der Waals surface area (Å²) in [6, 6.07) is 20.5. The smallest absolute Gasteiger partial charge is 0.251 e. The standard InChI is InChI=1S/C21H23N3O/c1-15(2)20(25)23-21-22-18(14-16-10-6-4-7-11-16)19(24(21)3)17-12-8-5-9-13-17/h4-13,15H,14H2,1-3H3,(H,22,23,25). The molecule has 0 atom stereocenters. The van der Waals surface area contributed by atoms with E-state index in [1.54, 1.807) is 0 Å². The number of rotatable bonds is 4. The van der Waals surface area contributed by atoms with E-state index in [9.17, 15) is 4.79 Å². The van der Waals surface area contributed by atoms with Gasteiger partial charge in [0.05, 0.1) is 5.69 Å². The number of hydrogen-bond acceptors (Lipinski definition) is 1. The zero-order valence-electron chi connectivity index (χ0n) is 14.9. The second kappa shape index (κ2) is 7.34. The molecule has 4 heteroatoms. The number of imidazole rings is 1. The Morgan fingerprint density at radius 2 is 1.64 bits per heavy atom. The van der Waals surface area contributed by atoms with E-state index in [0.29, 0.717) is 5.62 Å². The van der Waals surface area contributed by atoms with Crippen LogP contribution in [-0.2, 0) is 18.3 Å². The number of H-pyrrole nitrogens is 1. The van der Waals surface area contributed by atoms with Crippen molar-refractivity contribution in [2.75, 3.05) is 0 Å². The molecule has 0 bridgehead atoms. The van der Waals surface area contributed by atoms with Crippen molar-refractivity contribution in [3.8, 4) is 11.3 Å². The number of carbonyl (C=O) groups is 1. The summed E-state index contributed by atoms with van der Waals surface area (Å²) in [6.45, 7) is 3.72. The predicted octanol–water partition coefficient (Wildman–Crippen LogP) is 3.69. The summed E-state index contributed by atoms with van der Waals surface area (Å²) < 4.78 is 1.97. The number of aromatic amines is 1. The highest BCUT2D eigenvalue weighted by molar-refractivity contribution is 5.78. The number of nitrogens with zero attached hydrogens (tertiary/aromatic N) is 2. The van der Waals surface area contributed by atoms with Gasteiger partial charge < -0.3 is 9.55 Å². The molecule has 0 aliphatic rings. The van der Waals surface area contributed by atoms with Crippen LogP contribution in [0.15, 0.2) is 65.7 Å². The summed E-state index contributed by atoms with van der Waals surface area (Å²) in [5.41, 5.74) is 5.01. The van der Waals surface area contributed by atoms with Crippen LogP contribution in [0.25, 0.3) is 11.3 Å². The first kappa shape index (κ1) is 17.0. The lowest BCUT2D eigenvalue weighted by Gasteiger charge is -2.07. The molecular weight excluding hydrogens is 310 g/mol. The second-order valence-corrected chi connectivity index (χ2v) is 6.47. The fourth-order valence-electron chi connectivity index (χ4n) is 2.81. The average Bonchev–Trinajstić information content (AvgIpc) is 2.91. The molecular formula is C21H23N3O. The Bertz CT molecular complexity index is 919. The van der Waals surface area contributed by atoms with Gasteiger partial charge in [0.25, 0.3) is 5.91 Å². The van der Waals surface area contributed by atoms with Crippen LogP contribution < -0.4 is 5.62 Å². The van der Waals surface area contributed by atoms with E-state index in [4.69, 9.17) is 0 Å². The lowest BCUT2D eigenvalue weighted by molar-refractivity contribution is -0.120. The highest BCUT2D eigenvalue weighted by Crippen LogP contribution is 2.23. The van der Waals surface area contributed by atoms with E-state index >= 15 is 0 Å². The molecule has 1 N–H and O–H groups in total. The van der Waals surface area contributed by atoms with Gasteiger partial charge in [0.1, 0.15) is 0 Å². The highest BCUT2D eigenvalue weighted by Gasteiger charge is 2.14. The molecule has 0 radical (unpaired) electrons. The van der Waals surface area contributed by atoms with Crippen molar-refractivity contribution in [2.24, 2.45) is 18.0 Å². The van der Waals surface area contributed by atoms with Crippen molar-refractivity contribution in [2.45, 2.75) is 20.3 Å². The van der Waals surface area contributed by atoms with Crippen molar-refractivity contribution >= 4 is 5.91 Å². The number of amides is 1. The molecule has 0 fully saturated rings. The molecule has 0 aliphatic heterocycles. The predicted molar refractivity (Wildman–Crippen MR) is 99.9 cm³/mol. The molecule has 0 saturated heterocycles. The maximum absolute atomic E-state index is 12.1. The summed E-state index contributed by atoms with van der Waals surface area (Å²) in [4.78, 5) is 19.7. The Kier molecular flexibility index (Phi) is 4.98. The molecule has 1 heterocycles. The normalized spacial score (nSPS) is 11.9. The topological polar surface area (TPSA) is 50.1 Å². The monoisotopic (exact) mass is 333 g/mol. The first-order valence-corrected chi connectivity index (χ1v) is 8.52. The van der Waals surface area contributed by atoms with Gasteiger partial charge >= 0.3 is 0 Å². The van der Waals surface area contributed by atoms with Gasteiger partial charge in [0.2, 0.25) is 5.62 Å². The van der Waals surface area contributed by atoms with Gasteiger partial charge in [-0.25, -0.2) is 0 Å². The molecule has 2 aromatic carbocycles. The molecule has 3 rings (SSSR count). The van der Waals surface area contributed by atoms with Crippen LogP contribution in [0.1, 0.15) is 25.1 Å². The van der Waals surface area contributed by atoms with Crippen molar-refractivity contribution in [3.63, 3.8) is 0 Å². The Labute approximate surface area is 147 Å². The minimum atomic E-state index is -0.124. The van der Waals surface area contributed by atoms with E-state index in [0.717, 1.165) is 23.4 Å². The van der Waals surface area contributed by atoms with Crippen molar-refractivity contribution in [3.05, 3.63) is 77.5 Å². The number of aromatic nitrogens is 2. The van der Waals surface area contributed by atoms with Gasteiger partial charge in [-0.1, -0.05) is 74.5 Å². The zero-order chi connectivity index (χ0) is 17.8. The Morgan fingerprint density at radius 1 is 1.04 bits per heavy atom. The second-order valence-electron chi connectivity index (χ2n) is 6.47. The zero-order valence-corrected chi connectivity index (χ0v) is 14.9. The lowest BCUT2D eigenvalue weighted by Crippen LogP contribution is -2.20. The van der Waals surface area contributed by atoms with Gasteiger partial charge in [-0.2, -0.15) is 4.99 Å². The number of hydrogen-bond donors (Lipinski definition) is 1. The Morgan fingerprint density at radius 3 is 2.24 bits per heavy atom. The SMILES string of the molecule is CC(C)C(=O)/N=c1\[nH]c(Cc2ccccc2)c(-c2ccccc2)n1C. The Hall–Kier alpha value is -2.88. The molecule has 25 heavy (non-hydrogen) atoms. The van der Waals surface area contributed by atoms with E-state index in [1.165, 1.54) is 5.56 Å². The highest BCUT2D eigenvalue weighted by atomic mass is 16.1. The van der Waals surface area contributed by atoms with Gasteiger partial charge in [-0.05, 0) is 5.56 Å². The van der Waals surface area contributed by atoms with Gasteiger partial charge in [-0.3, -0.25) is 4.79 Å². The third-order valence-electron chi connectivity index (χ3n) is 4.18. The quantitative estimate of drug-likeness (QED) is 0.778. The molecule has 0 spiro atoms. The van der Waals surface area contributed by atoms with Crippen LogP contribution >= 0.6 is 0 Å². The van der Waals surface area contributed by atoms with Crippen LogP contribution in [-0.4, -0.2) is 15.5 Å². The maximum Gasteiger partial charge on any atom is 0.251 e. The Balaban J connectivity index is 2.14. The largest absolute Gasteiger partial charge is 0.327 e.